The van der Waals surface area contributed by atoms with Crippen molar-refractivity contribution in [1.82, 2.24) is 10.6 Å². The number of carbonyl (C=O) groups excluding carboxylic acids is 2. The predicted octanol–water partition coefficient (Wildman–Crippen LogP) is 4.05. The van der Waals surface area contributed by atoms with Crippen LogP contribution < -0.4 is 16.0 Å². The Morgan fingerprint density at radius 2 is 1.78 bits per heavy atom. The molecule has 5 nitrogen and oxygen atoms in total. The highest BCUT2D eigenvalue weighted by molar-refractivity contribution is 5.97. The summed E-state index contributed by atoms with van der Waals surface area (Å²) in [5.41, 5.74) is 3.60. The summed E-state index contributed by atoms with van der Waals surface area (Å²) in [6, 6.07) is 10.6. The van der Waals surface area contributed by atoms with E-state index < -0.39 is 12.1 Å². The molecule has 1 atom stereocenters. The first-order valence-electron chi connectivity index (χ1n) is 9.06. The monoisotopic (exact) mass is 371 g/mol. The molecule has 6 heteroatoms. The number of carbonyl (C=O) groups is 2. The zero-order chi connectivity index (χ0) is 19.8. The lowest BCUT2D eigenvalue weighted by Crippen LogP contribution is -2.47. The van der Waals surface area contributed by atoms with Crippen LogP contribution in [0, 0.1) is 19.7 Å². The standard InChI is InChI=1S/C21H26FN3O2/c1-4-5-19(20(26)24-18-11-6-14(2)12-15(18)3)25-21(27)23-13-16-7-9-17(22)10-8-16/h6-12,19H,4-5,13H2,1-3H3,(H,24,26)(H2,23,25,27). The second kappa shape index (κ2) is 9.71. The van der Waals surface area contributed by atoms with Gasteiger partial charge in [-0.05, 0) is 49.6 Å². The van der Waals surface area contributed by atoms with Crippen LogP contribution in [0.3, 0.4) is 0 Å². The zero-order valence-electron chi connectivity index (χ0n) is 15.9. The van der Waals surface area contributed by atoms with E-state index >= 15 is 0 Å². The van der Waals surface area contributed by atoms with Crippen LogP contribution >= 0.6 is 0 Å². The highest BCUT2D eigenvalue weighted by Crippen LogP contribution is 2.16. The average Bonchev–Trinajstić information content (AvgIpc) is 2.63. The van der Waals surface area contributed by atoms with E-state index in [0.717, 1.165) is 28.8 Å². The zero-order valence-corrected chi connectivity index (χ0v) is 15.9. The fourth-order valence-electron chi connectivity index (χ4n) is 2.73. The third-order valence-electron chi connectivity index (χ3n) is 4.21. The molecular weight excluding hydrogens is 345 g/mol. The van der Waals surface area contributed by atoms with Gasteiger partial charge in [-0.1, -0.05) is 43.2 Å². The van der Waals surface area contributed by atoms with Gasteiger partial charge in [-0.15, -0.1) is 0 Å². The Labute approximate surface area is 159 Å². The molecular formula is C21H26FN3O2. The van der Waals surface area contributed by atoms with E-state index in [1.165, 1.54) is 12.1 Å². The second-order valence-electron chi connectivity index (χ2n) is 6.60. The predicted molar refractivity (Wildman–Crippen MR) is 105 cm³/mol. The second-order valence-corrected chi connectivity index (χ2v) is 6.60. The van der Waals surface area contributed by atoms with Gasteiger partial charge in [0.05, 0.1) is 0 Å². The number of anilines is 1. The summed E-state index contributed by atoms with van der Waals surface area (Å²) in [7, 11) is 0. The quantitative estimate of drug-likeness (QED) is 0.687. The van der Waals surface area contributed by atoms with E-state index in [2.05, 4.69) is 16.0 Å². The Balaban J connectivity index is 1.93. The molecule has 3 amide bonds. The summed E-state index contributed by atoms with van der Waals surface area (Å²) in [5, 5.41) is 8.29. The van der Waals surface area contributed by atoms with E-state index in [9.17, 15) is 14.0 Å². The lowest BCUT2D eigenvalue weighted by Gasteiger charge is -2.19. The highest BCUT2D eigenvalue weighted by Gasteiger charge is 2.20. The molecule has 27 heavy (non-hydrogen) atoms. The van der Waals surface area contributed by atoms with Gasteiger partial charge in [0.2, 0.25) is 5.91 Å². The van der Waals surface area contributed by atoms with Crippen LogP contribution in [0.1, 0.15) is 36.5 Å². The van der Waals surface area contributed by atoms with Gasteiger partial charge in [-0.25, -0.2) is 9.18 Å². The maximum absolute atomic E-state index is 12.9. The maximum Gasteiger partial charge on any atom is 0.315 e. The van der Waals surface area contributed by atoms with Crippen LogP contribution in [0.4, 0.5) is 14.9 Å². The van der Waals surface area contributed by atoms with Crippen molar-refractivity contribution < 1.29 is 14.0 Å². The number of aryl methyl sites for hydroxylation is 2. The summed E-state index contributed by atoms with van der Waals surface area (Å²) < 4.78 is 12.9. The summed E-state index contributed by atoms with van der Waals surface area (Å²) in [5.74, 6) is -0.574. The molecule has 0 saturated heterocycles. The Morgan fingerprint density at radius 1 is 1.07 bits per heavy atom. The van der Waals surface area contributed by atoms with Crippen molar-refractivity contribution >= 4 is 17.6 Å². The molecule has 0 saturated carbocycles. The number of benzene rings is 2. The van der Waals surface area contributed by atoms with Gasteiger partial charge in [0, 0.05) is 12.2 Å². The van der Waals surface area contributed by atoms with Gasteiger partial charge < -0.3 is 16.0 Å². The molecule has 0 aromatic heterocycles. The molecule has 0 bridgehead atoms. The first-order chi connectivity index (χ1) is 12.9. The molecule has 2 aromatic rings. The first kappa shape index (κ1) is 20.4. The number of nitrogens with one attached hydrogen (secondary N) is 3. The van der Waals surface area contributed by atoms with Crippen LogP contribution in [-0.2, 0) is 11.3 Å². The summed E-state index contributed by atoms with van der Waals surface area (Å²) in [6.45, 7) is 6.13. The van der Waals surface area contributed by atoms with Gasteiger partial charge in [-0.2, -0.15) is 0 Å². The fourth-order valence-corrected chi connectivity index (χ4v) is 2.73. The molecule has 0 aliphatic heterocycles. The normalized spacial score (nSPS) is 11.6. The van der Waals surface area contributed by atoms with Gasteiger partial charge >= 0.3 is 6.03 Å². The van der Waals surface area contributed by atoms with Crippen LogP contribution in [0.15, 0.2) is 42.5 Å². The van der Waals surface area contributed by atoms with E-state index in [-0.39, 0.29) is 18.3 Å². The molecule has 144 valence electrons. The van der Waals surface area contributed by atoms with Gasteiger partial charge in [0.25, 0.3) is 0 Å². The molecule has 1 unspecified atom stereocenters. The number of rotatable bonds is 7. The minimum absolute atomic E-state index is 0.249. The molecule has 2 rings (SSSR count). The fraction of sp³-hybridized carbons (Fsp3) is 0.333. The van der Waals surface area contributed by atoms with E-state index in [1.54, 1.807) is 12.1 Å². The largest absolute Gasteiger partial charge is 0.334 e. The maximum atomic E-state index is 12.9. The molecule has 0 fully saturated rings. The first-order valence-corrected chi connectivity index (χ1v) is 9.06. The molecule has 0 aliphatic rings. The van der Waals surface area contributed by atoms with Crippen molar-refractivity contribution in [1.29, 1.82) is 0 Å². The van der Waals surface area contributed by atoms with Crippen LogP contribution in [0.5, 0.6) is 0 Å². The molecule has 0 aliphatic carbocycles. The number of amides is 3. The van der Waals surface area contributed by atoms with Crippen molar-refractivity contribution in [3.8, 4) is 0 Å². The summed E-state index contributed by atoms with van der Waals surface area (Å²) in [6.07, 6.45) is 1.28. The summed E-state index contributed by atoms with van der Waals surface area (Å²) >= 11 is 0. The van der Waals surface area contributed by atoms with Crippen molar-refractivity contribution in [2.45, 2.75) is 46.2 Å². The number of urea groups is 1. The topological polar surface area (TPSA) is 70.2 Å². The molecule has 0 heterocycles. The lowest BCUT2D eigenvalue weighted by molar-refractivity contribution is -0.118. The minimum Gasteiger partial charge on any atom is -0.334 e. The van der Waals surface area contributed by atoms with E-state index in [0.29, 0.717) is 6.42 Å². The Morgan fingerprint density at radius 3 is 2.41 bits per heavy atom. The third-order valence-corrected chi connectivity index (χ3v) is 4.21. The summed E-state index contributed by atoms with van der Waals surface area (Å²) in [4.78, 5) is 24.8. The smallest absolute Gasteiger partial charge is 0.315 e. The van der Waals surface area contributed by atoms with Crippen LogP contribution in [0.25, 0.3) is 0 Å². The van der Waals surface area contributed by atoms with Crippen molar-refractivity contribution in [3.63, 3.8) is 0 Å². The van der Waals surface area contributed by atoms with E-state index in [1.807, 2.05) is 39.0 Å². The SMILES string of the molecule is CCCC(NC(=O)NCc1ccc(F)cc1)C(=O)Nc1ccc(C)cc1C. The Hall–Kier alpha value is -2.89. The minimum atomic E-state index is -0.635. The number of hydrogen-bond acceptors (Lipinski definition) is 2. The van der Waals surface area contributed by atoms with Gasteiger partial charge in [0.1, 0.15) is 11.9 Å². The van der Waals surface area contributed by atoms with Gasteiger partial charge in [-0.3, -0.25) is 4.79 Å². The number of hydrogen-bond donors (Lipinski definition) is 3. The van der Waals surface area contributed by atoms with Crippen molar-refractivity contribution in [2.24, 2.45) is 0 Å². The Kier molecular flexibility index (Phi) is 7.34. The lowest BCUT2D eigenvalue weighted by atomic mass is 10.1. The molecule has 0 radical (unpaired) electrons. The Bertz CT molecular complexity index is 791. The molecule has 0 spiro atoms. The third kappa shape index (κ3) is 6.40. The van der Waals surface area contributed by atoms with E-state index in [4.69, 9.17) is 0 Å². The molecule has 2 aromatic carbocycles. The average molecular weight is 371 g/mol. The van der Waals surface area contributed by atoms with Crippen LogP contribution in [-0.4, -0.2) is 18.0 Å². The highest BCUT2D eigenvalue weighted by atomic mass is 19.1. The molecule has 3 N–H and O–H groups in total. The number of halogens is 1. The van der Waals surface area contributed by atoms with Crippen molar-refractivity contribution in [2.75, 3.05) is 5.32 Å². The van der Waals surface area contributed by atoms with Crippen LogP contribution in [0.2, 0.25) is 0 Å². The van der Waals surface area contributed by atoms with Gasteiger partial charge in [0.15, 0.2) is 0 Å². The van der Waals surface area contributed by atoms with Crippen molar-refractivity contribution in [3.05, 3.63) is 65.0 Å².